The third kappa shape index (κ3) is 3.35. The van der Waals surface area contributed by atoms with E-state index in [9.17, 15) is 4.79 Å². The van der Waals surface area contributed by atoms with Crippen LogP contribution in [0.3, 0.4) is 0 Å². The van der Waals surface area contributed by atoms with Gasteiger partial charge in [-0.05, 0) is 54.1 Å². The molecule has 0 saturated carbocycles. The zero-order valence-corrected chi connectivity index (χ0v) is 14.9. The van der Waals surface area contributed by atoms with Gasteiger partial charge in [0.25, 0.3) is 5.91 Å². The molecule has 124 valence electrons. The molecule has 0 spiro atoms. The summed E-state index contributed by atoms with van der Waals surface area (Å²) in [5.41, 5.74) is 1.72. The Morgan fingerprint density at radius 2 is 2.09 bits per heavy atom. The number of piperidine rings is 1. The molecule has 2 rings (SSSR count). The SMILES string of the molecule is CCc1c(C(=O)N2CCC[C@H](N(C)C)C2)cnn1C(C)(C)C. The fourth-order valence-electron chi connectivity index (χ4n) is 3.20. The summed E-state index contributed by atoms with van der Waals surface area (Å²) in [4.78, 5) is 17.2. The fourth-order valence-corrected chi connectivity index (χ4v) is 3.20. The van der Waals surface area contributed by atoms with Crippen LogP contribution in [0, 0.1) is 0 Å². The largest absolute Gasteiger partial charge is 0.337 e. The number of carbonyl (C=O) groups excluding carboxylic acids is 1. The summed E-state index contributed by atoms with van der Waals surface area (Å²) in [7, 11) is 4.18. The molecule has 22 heavy (non-hydrogen) atoms. The Kier molecular flexibility index (Phi) is 4.95. The van der Waals surface area contributed by atoms with E-state index in [0.29, 0.717) is 6.04 Å². The van der Waals surface area contributed by atoms with Gasteiger partial charge in [0.2, 0.25) is 0 Å². The second-order valence-electron chi connectivity index (χ2n) is 7.45. The smallest absolute Gasteiger partial charge is 0.257 e. The highest BCUT2D eigenvalue weighted by Crippen LogP contribution is 2.23. The molecule has 1 amide bonds. The number of hydrogen-bond donors (Lipinski definition) is 0. The maximum atomic E-state index is 12.9. The standard InChI is InChI=1S/C17H30N4O/c1-7-15-14(11-18-21(15)17(2,3)4)16(22)20-10-8-9-13(12-20)19(5)6/h11,13H,7-10,12H2,1-6H3/t13-/m0/s1. The number of rotatable bonds is 3. The maximum absolute atomic E-state index is 12.9. The Labute approximate surface area is 134 Å². The van der Waals surface area contributed by atoms with E-state index in [-0.39, 0.29) is 11.4 Å². The second kappa shape index (κ2) is 6.41. The summed E-state index contributed by atoms with van der Waals surface area (Å²) in [5.74, 6) is 0.138. The summed E-state index contributed by atoms with van der Waals surface area (Å²) in [5, 5.41) is 4.49. The summed E-state index contributed by atoms with van der Waals surface area (Å²) < 4.78 is 1.99. The highest BCUT2D eigenvalue weighted by atomic mass is 16.2. The van der Waals surface area contributed by atoms with Crippen LogP contribution in [0.2, 0.25) is 0 Å². The van der Waals surface area contributed by atoms with Gasteiger partial charge in [0, 0.05) is 19.1 Å². The predicted octanol–water partition coefficient (Wildman–Crippen LogP) is 2.37. The molecular weight excluding hydrogens is 276 g/mol. The molecule has 5 nitrogen and oxygen atoms in total. The van der Waals surface area contributed by atoms with Crippen LogP contribution < -0.4 is 0 Å². The van der Waals surface area contributed by atoms with Crippen LogP contribution in [-0.4, -0.2) is 58.7 Å². The van der Waals surface area contributed by atoms with Gasteiger partial charge in [0.1, 0.15) is 0 Å². The minimum atomic E-state index is -0.0993. The first-order valence-electron chi connectivity index (χ1n) is 8.28. The average molecular weight is 306 g/mol. The molecule has 5 heteroatoms. The van der Waals surface area contributed by atoms with E-state index in [1.807, 2.05) is 9.58 Å². The normalized spacial score (nSPS) is 19.8. The molecule has 0 unspecified atom stereocenters. The Hall–Kier alpha value is -1.36. The molecule has 2 heterocycles. The Balaban J connectivity index is 2.24. The number of likely N-dealkylation sites (tertiary alicyclic amines) is 1. The molecule has 1 aromatic rings. The Morgan fingerprint density at radius 3 is 2.64 bits per heavy atom. The van der Waals surface area contributed by atoms with Crippen molar-refractivity contribution in [3.05, 3.63) is 17.5 Å². The zero-order chi connectivity index (χ0) is 16.5. The molecule has 1 aromatic heterocycles. The lowest BCUT2D eigenvalue weighted by Crippen LogP contribution is -2.47. The Bertz CT molecular complexity index is 527. The van der Waals surface area contributed by atoms with Crippen LogP contribution in [0.1, 0.15) is 56.6 Å². The van der Waals surface area contributed by atoms with E-state index in [1.165, 1.54) is 6.42 Å². The molecule has 1 saturated heterocycles. The lowest BCUT2D eigenvalue weighted by molar-refractivity contribution is 0.0633. The van der Waals surface area contributed by atoms with Crippen LogP contribution in [-0.2, 0) is 12.0 Å². The van der Waals surface area contributed by atoms with Crippen molar-refractivity contribution < 1.29 is 4.79 Å². The molecule has 1 aliphatic rings. The highest BCUT2D eigenvalue weighted by molar-refractivity contribution is 5.95. The van der Waals surface area contributed by atoms with E-state index in [0.717, 1.165) is 37.2 Å². The molecule has 0 aromatic carbocycles. The van der Waals surface area contributed by atoms with Crippen molar-refractivity contribution in [1.82, 2.24) is 19.6 Å². The minimum absolute atomic E-state index is 0.0993. The van der Waals surface area contributed by atoms with Crippen LogP contribution in [0.5, 0.6) is 0 Å². The van der Waals surface area contributed by atoms with Crippen molar-refractivity contribution in [1.29, 1.82) is 0 Å². The molecule has 0 N–H and O–H groups in total. The maximum Gasteiger partial charge on any atom is 0.257 e. The van der Waals surface area contributed by atoms with E-state index >= 15 is 0 Å². The third-order valence-electron chi connectivity index (χ3n) is 4.48. The topological polar surface area (TPSA) is 41.4 Å². The van der Waals surface area contributed by atoms with Gasteiger partial charge in [-0.3, -0.25) is 9.48 Å². The van der Waals surface area contributed by atoms with E-state index in [1.54, 1.807) is 6.20 Å². The van der Waals surface area contributed by atoms with Crippen molar-refractivity contribution in [2.24, 2.45) is 0 Å². The number of aromatic nitrogens is 2. The van der Waals surface area contributed by atoms with Crippen LogP contribution in [0.25, 0.3) is 0 Å². The molecule has 1 atom stereocenters. The molecular formula is C17H30N4O. The van der Waals surface area contributed by atoms with Crippen molar-refractivity contribution >= 4 is 5.91 Å². The van der Waals surface area contributed by atoms with E-state index < -0.39 is 0 Å². The molecule has 1 aliphatic heterocycles. The number of nitrogens with zero attached hydrogens (tertiary/aromatic N) is 4. The summed E-state index contributed by atoms with van der Waals surface area (Å²) in [6, 6.07) is 0.459. The second-order valence-corrected chi connectivity index (χ2v) is 7.45. The van der Waals surface area contributed by atoms with Gasteiger partial charge < -0.3 is 9.80 Å². The number of amides is 1. The highest BCUT2D eigenvalue weighted by Gasteiger charge is 2.29. The first kappa shape index (κ1) is 17.0. The molecule has 0 radical (unpaired) electrons. The summed E-state index contributed by atoms with van der Waals surface area (Å²) in [6.45, 7) is 10.1. The first-order valence-corrected chi connectivity index (χ1v) is 8.28. The van der Waals surface area contributed by atoms with Gasteiger partial charge in [0.05, 0.1) is 23.0 Å². The predicted molar refractivity (Wildman–Crippen MR) is 89.2 cm³/mol. The lowest BCUT2D eigenvalue weighted by atomic mass is 10.0. The van der Waals surface area contributed by atoms with Crippen molar-refractivity contribution in [3.8, 4) is 0 Å². The quantitative estimate of drug-likeness (QED) is 0.861. The van der Waals surface area contributed by atoms with Crippen LogP contribution in [0.15, 0.2) is 6.20 Å². The number of likely N-dealkylation sites (N-methyl/N-ethyl adjacent to an activating group) is 1. The summed E-state index contributed by atoms with van der Waals surface area (Å²) in [6.07, 6.45) is 4.82. The van der Waals surface area contributed by atoms with Gasteiger partial charge in [-0.2, -0.15) is 5.10 Å². The number of carbonyl (C=O) groups is 1. The van der Waals surface area contributed by atoms with Gasteiger partial charge in [-0.25, -0.2) is 0 Å². The van der Waals surface area contributed by atoms with Crippen molar-refractivity contribution in [2.45, 2.75) is 58.5 Å². The number of hydrogen-bond acceptors (Lipinski definition) is 3. The molecule has 0 bridgehead atoms. The lowest BCUT2D eigenvalue weighted by Gasteiger charge is -2.36. The van der Waals surface area contributed by atoms with Gasteiger partial charge >= 0.3 is 0 Å². The van der Waals surface area contributed by atoms with Gasteiger partial charge in [-0.1, -0.05) is 6.92 Å². The van der Waals surface area contributed by atoms with Crippen LogP contribution >= 0.6 is 0 Å². The van der Waals surface area contributed by atoms with Gasteiger partial charge in [0.15, 0.2) is 0 Å². The average Bonchev–Trinajstić information content (AvgIpc) is 2.90. The van der Waals surface area contributed by atoms with Crippen LogP contribution in [0.4, 0.5) is 0 Å². The molecule has 1 fully saturated rings. The fraction of sp³-hybridized carbons (Fsp3) is 0.765. The monoisotopic (exact) mass is 306 g/mol. The minimum Gasteiger partial charge on any atom is -0.337 e. The summed E-state index contributed by atoms with van der Waals surface area (Å²) >= 11 is 0. The van der Waals surface area contributed by atoms with Crippen molar-refractivity contribution in [3.63, 3.8) is 0 Å². The Morgan fingerprint density at radius 1 is 1.41 bits per heavy atom. The molecule has 0 aliphatic carbocycles. The van der Waals surface area contributed by atoms with Crippen molar-refractivity contribution in [2.75, 3.05) is 27.2 Å². The third-order valence-corrected chi connectivity index (χ3v) is 4.48. The van der Waals surface area contributed by atoms with E-state index in [4.69, 9.17) is 0 Å². The van der Waals surface area contributed by atoms with E-state index in [2.05, 4.69) is 51.8 Å². The first-order chi connectivity index (χ1) is 10.3. The zero-order valence-electron chi connectivity index (χ0n) is 14.9. The van der Waals surface area contributed by atoms with Gasteiger partial charge in [-0.15, -0.1) is 0 Å².